The van der Waals surface area contributed by atoms with Gasteiger partial charge in [-0.1, -0.05) is 0 Å². The van der Waals surface area contributed by atoms with Gasteiger partial charge in [0, 0.05) is 12.1 Å². The van der Waals surface area contributed by atoms with Crippen molar-refractivity contribution < 1.29 is 4.74 Å². The lowest BCUT2D eigenvalue weighted by Crippen LogP contribution is -2.15. The number of benzene rings is 1. The molecular weight excluding hydrogens is 200 g/mol. The van der Waals surface area contributed by atoms with Crippen molar-refractivity contribution in [3.8, 4) is 5.75 Å². The monoisotopic (exact) mass is 218 g/mol. The van der Waals surface area contributed by atoms with Crippen LogP contribution in [0.3, 0.4) is 0 Å². The summed E-state index contributed by atoms with van der Waals surface area (Å²) in [5.41, 5.74) is 2.38. The lowest BCUT2D eigenvalue weighted by Gasteiger charge is -2.14. The molecule has 0 bridgehead atoms. The fourth-order valence-electron chi connectivity index (χ4n) is 1.95. The van der Waals surface area contributed by atoms with Crippen LogP contribution < -0.4 is 4.74 Å². The lowest BCUT2D eigenvalue weighted by molar-refractivity contribution is 0.396. The molecule has 1 aromatic rings. The van der Waals surface area contributed by atoms with Gasteiger partial charge in [0.2, 0.25) is 0 Å². The van der Waals surface area contributed by atoms with Crippen LogP contribution >= 0.6 is 0 Å². The Hall–Kier alpha value is -1.35. The number of methoxy groups -OCH3 is 1. The van der Waals surface area contributed by atoms with Crippen molar-refractivity contribution in [2.75, 3.05) is 27.7 Å². The van der Waals surface area contributed by atoms with Gasteiger partial charge in [-0.25, -0.2) is 0 Å². The van der Waals surface area contributed by atoms with E-state index >= 15 is 0 Å². The van der Waals surface area contributed by atoms with E-state index in [0.29, 0.717) is 5.92 Å². The summed E-state index contributed by atoms with van der Waals surface area (Å²) in [5, 5.41) is 0. The van der Waals surface area contributed by atoms with Crippen LogP contribution in [-0.2, 0) is 0 Å². The number of rotatable bonds is 4. The van der Waals surface area contributed by atoms with Crippen LogP contribution in [0.15, 0.2) is 23.2 Å². The van der Waals surface area contributed by atoms with Gasteiger partial charge in [-0.2, -0.15) is 0 Å². The topological polar surface area (TPSA) is 24.8 Å². The summed E-state index contributed by atoms with van der Waals surface area (Å²) in [7, 11) is 5.89. The van der Waals surface area contributed by atoms with Gasteiger partial charge < -0.3 is 9.64 Å². The van der Waals surface area contributed by atoms with Crippen LogP contribution in [0.2, 0.25) is 0 Å². The molecule has 2 rings (SSSR count). The average molecular weight is 218 g/mol. The first kappa shape index (κ1) is 11.1. The zero-order valence-corrected chi connectivity index (χ0v) is 10.1. The zero-order chi connectivity index (χ0) is 11.5. The third-order valence-electron chi connectivity index (χ3n) is 2.92. The molecule has 3 nitrogen and oxygen atoms in total. The normalized spacial score (nSPS) is 17.9. The van der Waals surface area contributed by atoms with Gasteiger partial charge in [0.25, 0.3) is 0 Å². The molecule has 1 aliphatic heterocycles. The summed E-state index contributed by atoms with van der Waals surface area (Å²) in [5.74, 6) is 1.35. The Balaban J connectivity index is 2.14. The van der Waals surface area contributed by atoms with Crippen molar-refractivity contribution in [1.29, 1.82) is 0 Å². The van der Waals surface area contributed by atoms with Crippen molar-refractivity contribution in [3.63, 3.8) is 0 Å². The van der Waals surface area contributed by atoms with E-state index in [-0.39, 0.29) is 0 Å². The first-order valence-electron chi connectivity index (χ1n) is 5.57. The van der Waals surface area contributed by atoms with Crippen molar-refractivity contribution >= 4 is 11.9 Å². The van der Waals surface area contributed by atoms with E-state index in [0.717, 1.165) is 24.4 Å². The van der Waals surface area contributed by atoms with E-state index < -0.39 is 0 Å². The van der Waals surface area contributed by atoms with Gasteiger partial charge in [0.1, 0.15) is 5.75 Å². The summed E-state index contributed by atoms with van der Waals surface area (Å²) >= 11 is 0. The summed E-state index contributed by atoms with van der Waals surface area (Å²) in [6, 6.07) is 6.09. The zero-order valence-electron chi connectivity index (χ0n) is 10.1. The fourth-order valence-corrected chi connectivity index (χ4v) is 1.95. The summed E-state index contributed by atoms with van der Waals surface area (Å²) < 4.78 is 5.25. The first-order chi connectivity index (χ1) is 7.70. The Kier molecular flexibility index (Phi) is 3.25. The van der Waals surface area contributed by atoms with Crippen molar-refractivity contribution in [2.24, 2.45) is 4.99 Å². The molecule has 1 atom stereocenters. The van der Waals surface area contributed by atoms with Gasteiger partial charge in [-0.15, -0.1) is 0 Å². The number of hydrogen-bond donors (Lipinski definition) is 0. The molecule has 0 spiro atoms. The Bertz CT molecular complexity index is 399. The molecule has 16 heavy (non-hydrogen) atoms. The molecule has 3 heteroatoms. The van der Waals surface area contributed by atoms with Crippen LogP contribution in [0.1, 0.15) is 17.9 Å². The van der Waals surface area contributed by atoms with Crippen molar-refractivity contribution in [2.45, 2.75) is 12.3 Å². The number of nitrogens with zero attached hydrogens (tertiary/aromatic N) is 2. The third-order valence-corrected chi connectivity index (χ3v) is 2.92. The Morgan fingerprint density at radius 3 is 2.88 bits per heavy atom. The fraction of sp³-hybridized carbons (Fsp3) is 0.462. The van der Waals surface area contributed by atoms with Crippen molar-refractivity contribution in [1.82, 2.24) is 4.90 Å². The molecule has 1 aromatic carbocycles. The standard InChI is InChI=1S/C13H18N2O/c1-15(2)7-6-10-9-14-13-5-4-11(16-3)8-12(10)13/h4-5,8-10H,6-7H2,1-3H3. The predicted octanol–water partition coefficient (Wildman–Crippen LogP) is 2.45. The Morgan fingerprint density at radius 2 is 2.19 bits per heavy atom. The second-order valence-electron chi connectivity index (χ2n) is 4.40. The molecular formula is C13H18N2O. The summed E-state index contributed by atoms with van der Waals surface area (Å²) in [6.07, 6.45) is 3.16. The van der Waals surface area contributed by atoms with E-state index in [1.807, 2.05) is 18.3 Å². The van der Waals surface area contributed by atoms with Gasteiger partial charge in [-0.3, -0.25) is 4.99 Å². The second kappa shape index (κ2) is 4.66. The first-order valence-corrected chi connectivity index (χ1v) is 5.57. The molecule has 1 unspecified atom stereocenters. The van der Waals surface area contributed by atoms with Gasteiger partial charge in [0.15, 0.2) is 0 Å². The molecule has 86 valence electrons. The van der Waals surface area contributed by atoms with Crippen LogP contribution in [-0.4, -0.2) is 38.9 Å². The predicted molar refractivity (Wildman–Crippen MR) is 67.1 cm³/mol. The minimum absolute atomic E-state index is 0.437. The van der Waals surface area contributed by atoms with E-state index in [1.54, 1.807) is 7.11 Å². The van der Waals surface area contributed by atoms with E-state index in [4.69, 9.17) is 4.74 Å². The molecule has 0 fully saturated rings. The van der Waals surface area contributed by atoms with Gasteiger partial charge in [0.05, 0.1) is 12.8 Å². The molecule has 0 aliphatic carbocycles. The summed E-state index contributed by atoms with van der Waals surface area (Å²) in [4.78, 5) is 6.64. The maximum absolute atomic E-state index is 5.25. The highest BCUT2D eigenvalue weighted by Gasteiger charge is 2.19. The van der Waals surface area contributed by atoms with Crippen LogP contribution in [0.4, 0.5) is 5.69 Å². The number of aliphatic imine (C=N–C) groups is 1. The average Bonchev–Trinajstić information content (AvgIpc) is 2.68. The Morgan fingerprint density at radius 1 is 1.38 bits per heavy atom. The highest BCUT2D eigenvalue weighted by Crippen LogP contribution is 2.36. The smallest absolute Gasteiger partial charge is 0.119 e. The molecule has 0 amide bonds. The van der Waals surface area contributed by atoms with E-state index in [9.17, 15) is 0 Å². The minimum Gasteiger partial charge on any atom is -0.497 e. The van der Waals surface area contributed by atoms with Crippen LogP contribution in [0.5, 0.6) is 5.75 Å². The molecule has 0 aromatic heterocycles. The van der Waals surface area contributed by atoms with Crippen molar-refractivity contribution in [3.05, 3.63) is 23.8 Å². The number of fused-ring (bicyclic) bond motifs is 1. The van der Waals surface area contributed by atoms with Gasteiger partial charge in [-0.05, 0) is 50.8 Å². The molecule has 0 saturated carbocycles. The third kappa shape index (κ3) is 2.25. The highest BCUT2D eigenvalue weighted by molar-refractivity contribution is 5.81. The molecule has 1 heterocycles. The van der Waals surface area contributed by atoms with Crippen LogP contribution in [0, 0.1) is 0 Å². The SMILES string of the molecule is COc1ccc2c(c1)C(CCN(C)C)C=N2. The minimum atomic E-state index is 0.437. The summed E-state index contributed by atoms with van der Waals surface area (Å²) in [6.45, 7) is 1.08. The number of hydrogen-bond acceptors (Lipinski definition) is 3. The lowest BCUT2D eigenvalue weighted by atomic mass is 9.97. The van der Waals surface area contributed by atoms with Gasteiger partial charge >= 0.3 is 0 Å². The van der Waals surface area contributed by atoms with E-state index in [2.05, 4.69) is 30.1 Å². The molecule has 1 aliphatic rings. The highest BCUT2D eigenvalue weighted by atomic mass is 16.5. The molecule has 0 N–H and O–H groups in total. The maximum atomic E-state index is 5.25. The van der Waals surface area contributed by atoms with Crippen LogP contribution in [0.25, 0.3) is 0 Å². The quantitative estimate of drug-likeness (QED) is 0.775. The number of ether oxygens (including phenoxy) is 1. The maximum Gasteiger partial charge on any atom is 0.119 e. The second-order valence-corrected chi connectivity index (χ2v) is 4.40. The Labute approximate surface area is 96.7 Å². The molecule has 0 saturated heterocycles. The van der Waals surface area contributed by atoms with E-state index in [1.165, 1.54) is 5.56 Å². The molecule has 0 radical (unpaired) electrons. The largest absolute Gasteiger partial charge is 0.497 e.